The number of anilines is 2. The summed E-state index contributed by atoms with van der Waals surface area (Å²) in [6.45, 7) is 0.328. The average Bonchev–Trinajstić information content (AvgIpc) is 2.99. The molecular weight excluding hydrogens is 330 g/mol. The fraction of sp³-hybridized carbons (Fsp3) is 0.235. The van der Waals surface area contributed by atoms with Gasteiger partial charge in [-0.05, 0) is 36.4 Å². The number of nitrogens with zero attached hydrogens (tertiary/aromatic N) is 2. The molecule has 1 N–H and O–H groups in total. The van der Waals surface area contributed by atoms with Crippen LogP contribution in [0.3, 0.4) is 0 Å². The summed E-state index contributed by atoms with van der Waals surface area (Å²) >= 11 is 5.94. The Morgan fingerprint density at radius 3 is 2.75 bits per heavy atom. The van der Waals surface area contributed by atoms with Crippen LogP contribution in [0.15, 0.2) is 42.6 Å². The summed E-state index contributed by atoms with van der Waals surface area (Å²) < 4.78 is 5.11. The molecule has 1 aromatic heterocycles. The lowest BCUT2D eigenvalue weighted by Crippen LogP contribution is -2.28. The Hall–Kier alpha value is -2.60. The van der Waals surface area contributed by atoms with Crippen LogP contribution in [-0.2, 0) is 9.59 Å². The molecule has 0 bridgehead atoms. The number of nitrogens with one attached hydrogen (secondary N) is 1. The van der Waals surface area contributed by atoms with E-state index in [0.717, 1.165) is 5.69 Å². The fourth-order valence-corrected chi connectivity index (χ4v) is 2.78. The van der Waals surface area contributed by atoms with E-state index in [0.29, 0.717) is 18.0 Å². The highest BCUT2D eigenvalue weighted by atomic mass is 35.5. The standard InChI is InChI=1S/C17H16ClN3O3/c1-24-13-6-4-12(5-7-13)21-10-11(9-15(21)22)17(23)20-14-3-2-8-19-16(14)18/h2-8,11H,9-10H2,1H3,(H,20,23). The Kier molecular flexibility index (Phi) is 4.66. The highest BCUT2D eigenvalue weighted by molar-refractivity contribution is 6.32. The van der Waals surface area contributed by atoms with Crippen LogP contribution in [0.25, 0.3) is 0 Å². The second-order valence-electron chi connectivity index (χ2n) is 5.43. The van der Waals surface area contributed by atoms with E-state index in [-0.39, 0.29) is 23.4 Å². The van der Waals surface area contributed by atoms with Crippen LogP contribution in [0.4, 0.5) is 11.4 Å². The molecule has 1 unspecified atom stereocenters. The van der Waals surface area contributed by atoms with Gasteiger partial charge in [0, 0.05) is 24.8 Å². The SMILES string of the molecule is COc1ccc(N2CC(C(=O)Nc3cccnc3Cl)CC2=O)cc1. The van der Waals surface area contributed by atoms with Gasteiger partial charge >= 0.3 is 0 Å². The maximum absolute atomic E-state index is 12.4. The first-order valence-corrected chi connectivity index (χ1v) is 7.82. The van der Waals surface area contributed by atoms with E-state index < -0.39 is 5.92 Å². The molecule has 1 fully saturated rings. The van der Waals surface area contributed by atoms with Crippen molar-refractivity contribution < 1.29 is 14.3 Å². The third kappa shape index (κ3) is 3.33. The molecule has 2 heterocycles. The number of pyridine rings is 1. The third-order valence-electron chi connectivity index (χ3n) is 3.90. The first-order chi connectivity index (χ1) is 11.6. The van der Waals surface area contributed by atoms with Crippen LogP contribution in [0.2, 0.25) is 5.15 Å². The van der Waals surface area contributed by atoms with Gasteiger partial charge in [-0.3, -0.25) is 9.59 Å². The topological polar surface area (TPSA) is 71.5 Å². The molecule has 0 radical (unpaired) electrons. The molecule has 0 saturated carbocycles. The van der Waals surface area contributed by atoms with Crippen molar-refractivity contribution in [3.63, 3.8) is 0 Å². The van der Waals surface area contributed by atoms with E-state index >= 15 is 0 Å². The molecule has 7 heteroatoms. The molecule has 2 amide bonds. The zero-order chi connectivity index (χ0) is 17.1. The minimum absolute atomic E-state index is 0.0856. The predicted molar refractivity (Wildman–Crippen MR) is 91.3 cm³/mol. The van der Waals surface area contributed by atoms with E-state index in [1.165, 1.54) is 0 Å². The number of benzene rings is 1. The highest BCUT2D eigenvalue weighted by Gasteiger charge is 2.35. The Morgan fingerprint density at radius 2 is 2.08 bits per heavy atom. The van der Waals surface area contributed by atoms with Crippen molar-refractivity contribution in [1.29, 1.82) is 0 Å². The van der Waals surface area contributed by atoms with Gasteiger partial charge in [0.15, 0.2) is 5.15 Å². The number of carbonyl (C=O) groups excluding carboxylic acids is 2. The van der Waals surface area contributed by atoms with E-state index in [1.54, 1.807) is 54.6 Å². The highest BCUT2D eigenvalue weighted by Crippen LogP contribution is 2.28. The molecule has 1 aliphatic rings. The van der Waals surface area contributed by atoms with Crippen LogP contribution in [0.5, 0.6) is 5.75 Å². The number of hydrogen-bond acceptors (Lipinski definition) is 4. The molecule has 1 aliphatic heterocycles. The number of aromatic nitrogens is 1. The summed E-state index contributed by atoms with van der Waals surface area (Å²) in [4.78, 5) is 30.2. The van der Waals surface area contributed by atoms with Gasteiger partial charge in [0.1, 0.15) is 5.75 Å². The molecule has 1 atom stereocenters. The Balaban J connectivity index is 1.69. The molecule has 1 aromatic carbocycles. The number of carbonyl (C=O) groups is 2. The second kappa shape index (κ2) is 6.88. The van der Waals surface area contributed by atoms with Crippen LogP contribution in [0, 0.1) is 5.92 Å². The van der Waals surface area contributed by atoms with Crippen molar-refractivity contribution in [1.82, 2.24) is 4.98 Å². The lowest BCUT2D eigenvalue weighted by molar-refractivity contribution is -0.122. The van der Waals surface area contributed by atoms with E-state index in [4.69, 9.17) is 16.3 Å². The Morgan fingerprint density at radius 1 is 1.33 bits per heavy atom. The Labute approximate surface area is 144 Å². The van der Waals surface area contributed by atoms with Gasteiger partial charge < -0.3 is 15.0 Å². The molecule has 2 aromatic rings. The summed E-state index contributed by atoms with van der Waals surface area (Å²) in [5.41, 5.74) is 1.19. The number of methoxy groups -OCH3 is 1. The van der Waals surface area contributed by atoms with Gasteiger partial charge in [0.2, 0.25) is 11.8 Å². The van der Waals surface area contributed by atoms with Gasteiger partial charge in [-0.15, -0.1) is 0 Å². The third-order valence-corrected chi connectivity index (χ3v) is 4.20. The number of ether oxygens (including phenoxy) is 1. The molecule has 124 valence electrons. The molecule has 24 heavy (non-hydrogen) atoms. The second-order valence-corrected chi connectivity index (χ2v) is 5.79. The zero-order valence-corrected chi connectivity index (χ0v) is 13.8. The van der Waals surface area contributed by atoms with Crippen LogP contribution < -0.4 is 15.0 Å². The van der Waals surface area contributed by atoms with Crippen molar-refractivity contribution in [3.05, 3.63) is 47.7 Å². The smallest absolute Gasteiger partial charge is 0.229 e. The largest absolute Gasteiger partial charge is 0.497 e. The fourth-order valence-electron chi connectivity index (χ4n) is 2.61. The van der Waals surface area contributed by atoms with Gasteiger partial charge in [0.05, 0.1) is 18.7 Å². The predicted octanol–water partition coefficient (Wildman–Crippen LogP) is 2.74. The van der Waals surface area contributed by atoms with Crippen LogP contribution in [-0.4, -0.2) is 30.5 Å². The minimum Gasteiger partial charge on any atom is -0.497 e. The molecule has 0 aliphatic carbocycles. The first-order valence-electron chi connectivity index (χ1n) is 7.44. The molecule has 0 spiro atoms. The quantitative estimate of drug-likeness (QED) is 0.865. The normalized spacial score (nSPS) is 17.0. The minimum atomic E-state index is -0.434. The molecule has 3 rings (SSSR count). The van der Waals surface area contributed by atoms with Gasteiger partial charge in [-0.1, -0.05) is 11.6 Å². The zero-order valence-electron chi connectivity index (χ0n) is 13.0. The maximum atomic E-state index is 12.4. The summed E-state index contributed by atoms with van der Waals surface area (Å²) in [6, 6.07) is 10.5. The number of amides is 2. The molecular formula is C17H16ClN3O3. The van der Waals surface area contributed by atoms with Crippen molar-refractivity contribution in [2.75, 3.05) is 23.9 Å². The number of hydrogen-bond donors (Lipinski definition) is 1. The monoisotopic (exact) mass is 345 g/mol. The van der Waals surface area contributed by atoms with Crippen LogP contribution >= 0.6 is 11.6 Å². The van der Waals surface area contributed by atoms with Crippen molar-refractivity contribution in [2.45, 2.75) is 6.42 Å². The van der Waals surface area contributed by atoms with E-state index in [9.17, 15) is 9.59 Å². The van der Waals surface area contributed by atoms with Gasteiger partial charge in [-0.25, -0.2) is 4.98 Å². The average molecular weight is 346 g/mol. The van der Waals surface area contributed by atoms with Crippen molar-refractivity contribution in [2.24, 2.45) is 5.92 Å². The van der Waals surface area contributed by atoms with E-state index in [2.05, 4.69) is 10.3 Å². The summed E-state index contributed by atoms with van der Waals surface area (Å²) in [5, 5.41) is 2.95. The lowest BCUT2D eigenvalue weighted by Gasteiger charge is -2.17. The number of rotatable bonds is 4. The summed E-state index contributed by atoms with van der Waals surface area (Å²) in [6.07, 6.45) is 1.71. The Bertz CT molecular complexity index is 764. The van der Waals surface area contributed by atoms with Crippen LogP contribution in [0.1, 0.15) is 6.42 Å². The van der Waals surface area contributed by atoms with Gasteiger partial charge in [0.25, 0.3) is 0 Å². The number of halogens is 1. The van der Waals surface area contributed by atoms with Crippen molar-refractivity contribution in [3.8, 4) is 5.75 Å². The summed E-state index contributed by atoms with van der Waals surface area (Å²) in [7, 11) is 1.58. The van der Waals surface area contributed by atoms with E-state index in [1.807, 2.05) is 0 Å². The lowest BCUT2D eigenvalue weighted by atomic mass is 10.1. The first kappa shape index (κ1) is 16.3. The maximum Gasteiger partial charge on any atom is 0.229 e. The van der Waals surface area contributed by atoms with Gasteiger partial charge in [-0.2, -0.15) is 0 Å². The molecule has 6 nitrogen and oxygen atoms in total. The van der Waals surface area contributed by atoms with Crippen molar-refractivity contribution >= 4 is 34.8 Å². The summed E-state index contributed by atoms with van der Waals surface area (Å²) in [5.74, 6) is -0.0476. The molecule has 1 saturated heterocycles.